The fourth-order valence-electron chi connectivity index (χ4n) is 2.42. The molecule has 0 radical (unpaired) electrons. The lowest BCUT2D eigenvalue weighted by molar-refractivity contribution is -0.124. The Morgan fingerprint density at radius 2 is 1.81 bits per heavy atom. The van der Waals surface area contributed by atoms with E-state index >= 15 is 0 Å². The van der Waals surface area contributed by atoms with Gasteiger partial charge in [0.25, 0.3) is 0 Å². The van der Waals surface area contributed by atoms with Gasteiger partial charge in [-0.15, -0.1) is 0 Å². The van der Waals surface area contributed by atoms with E-state index in [1.165, 1.54) is 12.8 Å². The molecule has 0 aliphatic heterocycles. The molecule has 1 saturated carbocycles. The van der Waals surface area contributed by atoms with Gasteiger partial charge in [-0.25, -0.2) is 0 Å². The lowest BCUT2D eigenvalue weighted by Gasteiger charge is -2.35. The first kappa shape index (κ1) is 13.7. The Kier molecular flexibility index (Phi) is 4.54. The normalized spacial score (nSPS) is 20.4. The molecule has 1 aliphatic carbocycles. The molecule has 0 aromatic carbocycles. The fraction of sp³-hybridized carbons (Fsp3) is 0.929. The largest absolute Gasteiger partial charge is 0.298 e. The van der Waals surface area contributed by atoms with E-state index < -0.39 is 0 Å². The van der Waals surface area contributed by atoms with Crippen LogP contribution in [0.3, 0.4) is 0 Å². The average molecular weight is 225 g/mol. The second-order valence-corrected chi connectivity index (χ2v) is 6.40. The molecule has 0 aromatic heterocycles. The predicted molar refractivity (Wildman–Crippen MR) is 68.5 cm³/mol. The van der Waals surface area contributed by atoms with E-state index in [9.17, 15) is 4.79 Å². The maximum Gasteiger partial charge on any atom is 0.149 e. The van der Waals surface area contributed by atoms with Crippen LogP contribution < -0.4 is 0 Å². The number of Topliss-reactive ketones (excluding diaryl/α,β-unsaturated/α-hetero) is 1. The summed E-state index contributed by atoms with van der Waals surface area (Å²) in [4.78, 5) is 14.3. The van der Waals surface area contributed by atoms with Crippen molar-refractivity contribution in [2.75, 3.05) is 13.6 Å². The lowest BCUT2D eigenvalue weighted by atomic mass is 9.87. The smallest absolute Gasteiger partial charge is 0.149 e. The topological polar surface area (TPSA) is 20.3 Å². The number of hydrogen-bond donors (Lipinski definition) is 0. The molecular formula is C14H27NO. The van der Waals surface area contributed by atoms with Crippen LogP contribution in [0.2, 0.25) is 0 Å². The van der Waals surface area contributed by atoms with Gasteiger partial charge in [-0.1, -0.05) is 33.6 Å². The molecule has 0 aromatic rings. The molecule has 0 amide bonds. The summed E-state index contributed by atoms with van der Waals surface area (Å²) in [6, 6.07) is 0.442. The maximum atomic E-state index is 12.0. The quantitative estimate of drug-likeness (QED) is 0.732. The number of rotatable bonds is 4. The Morgan fingerprint density at radius 3 is 2.25 bits per heavy atom. The van der Waals surface area contributed by atoms with Crippen LogP contribution in [0.15, 0.2) is 0 Å². The summed E-state index contributed by atoms with van der Waals surface area (Å²) < 4.78 is 0. The van der Waals surface area contributed by atoms with Crippen LogP contribution in [0.5, 0.6) is 0 Å². The molecule has 2 heteroatoms. The Morgan fingerprint density at radius 1 is 1.31 bits per heavy atom. The highest BCUT2D eigenvalue weighted by Gasteiger charge is 2.28. The highest BCUT2D eigenvalue weighted by molar-refractivity contribution is 5.83. The summed E-state index contributed by atoms with van der Waals surface area (Å²) in [5.41, 5.74) is 0.241. The molecule has 1 rings (SSSR count). The van der Waals surface area contributed by atoms with E-state index in [0.29, 0.717) is 24.3 Å². The third-order valence-electron chi connectivity index (χ3n) is 4.13. The molecule has 0 bridgehead atoms. The van der Waals surface area contributed by atoms with Crippen LogP contribution >= 0.6 is 0 Å². The van der Waals surface area contributed by atoms with Gasteiger partial charge in [-0.05, 0) is 32.2 Å². The highest BCUT2D eigenvalue weighted by Crippen LogP contribution is 2.27. The fourth-order valence-corrected chi connectivity index (χ4v) is 2.42. The molecule has 2 nitrogen and oxygen atoms in total. The van der Waals surface area contributed by atoms with E-state index in [1.807, 2.05) is 0 Å². The van der Waals surface area contributed by atoms with Crippen molar-refractivity contribution in [1.82, 2.24) is 4.90 Å². The zero-order valence-electron chi connectivity index (χ0n) is 11.5. The van der Waals surface area contributed by atoms with Gasteiger partial charge in [0.1, 0.15) is 5.78 Å². The Bertz CT molecular complexity index is 236. The van der Waals surface area contributed by atoms with Crippen molar-refractivity contribution in [1.29, 1.82) is 0 Å². The lowest BCUT2D eigenvalue weighted by Crippen LogP contribution is -2.42. The molecule has 1 fully saturated rings. The van der Waals surface area contributed by atoms with Gasteiger partial charge in [0, 0.05) is 12.0 Å². The number of ketones is 1. The molecule has 0 saturated heterocycles. The maximum absolute atomic E-state index is 12.0. The van der Waals surface area contributed by atoms with Gasteiger partial charge in [0.05, 0.1) is 6.54 Å². The zero-order chi connectivity index (χ0) is 12.3. The summed E-state index contributed by atoms with van der Waals surface area (Å²) >= 11 is 0. The minimum absolute atomic E-state index is 0.241. The van der Waals surface area contributed by atoms with E-state index in [4.69, 9.17) is 0 Å². The summed E-state index contributed by atoms with van der Waals surface area (Å²) in [5.74, 6) is 0.811. The summed E-state index contributed by atoms with van der Waals surface area (Å²) in [7, 11) is 2.07. The van der Waals surface area contributed by atoms with Crippen molar-refractivity contribution in [2.24, 2.45) is 11.3 Å². The van der Waals surface area contributed by atoms with E-state index in [1.54, 1.807) is 0 Å². The van der Waals surface area contributed by atoms with Crippen molar-refractivity contribution in [3.05, 3.63) is 0 Å². The highest BCUT2D eigenvalue weighted by atomic mass is 16.1. The van der Waals surface area contributed by atoms with Crippen molar-refractivity contribution in [3.8, 4) is 0 Å². The van der Waals surface area contributed by atoms with Crippen molar-refractivity contribution in [2.45, 2.75) is 59.4 Å². The molecule has 0 heterocycles. The third-order valence-corrected chi connectivity index (χ3v) is 4.13. The number of hydrogen-bond acceptors (Lipinski definition) is 2. The van der Waals surface area contributed by atoms with Gasteiger partial charge >= 0.3 is 0 Å². The van der Waals surface area contributed by atoms with Gasteiger partial charge in [-0.3, -0.25) is 9.69 Å². The van der Waals surface area contributed by atoms with E-state index in [2.05, 4.69) is 39.6 Å². The number of carbonyl (C=O) groups is 1. The Labute approximate surface area is 100 Å². The first-order valence-corrected chi connectivity index (χ1v) is 6.55. The van der Waals surface area contributed by atoms with Crippen LogP contribution in [0, 0.1) is 11.3 Å². The second-order valence-electron chi connectivity index (χ2n) is 6.40. The molecule has 0 N–H and O–H groups in total. The number of likely N-dealkylation sites (N-methyl/N-ethyl adjacent to an activating group) is 1. The monoisotopic (exact) mass is 225 g/mol. The molecular weight excluding hydrogens is 198 g/mol. The molecule has 94 valence electrons. The van der Waals surface area contributed by atoms with Gasteiger partial charge in [0.2, 0.25) is 0 Å². The van der Waals surface area contributed by atoms with Crippen LogP contribution in [-0.4, -0.2) is 30.3 Å². The zero-order valence-corrected chi connectivity index (χ0v) is 11.5. The van der Waals surface area contributed by atoms with Gasteiger partial charge in [-0.2, -0.15) is 0 Å². The number of carbonyl (C=O) groups excluding carboxylic acids is 1. The minimum Gasteiger partial charge on any atom is -0.298 e. The SMILES string of the molecule is CC(N(C)CC(=O)C1CCCC1)C(C)(C)C. The second kappa shape index (κ2) is 5.31. The Hall–Kier alpha value is -0.370. The molecule has 1 atom stereocenters. The molecule has 0 spiro atoms. The summed E-state index contributed by atoms with van der Waals surface area (Å²) in [6.07, 6.45) is 4.73. The third kappa shape index (κ3) is 3.58. The average Bonchev–Trinajstić information content (AvgIpc) is 2.67. The van der Waals surface area contributed by atoms with Crippen molar-refractivity contribution >= 4 is 5.78 Å². The summed E-state index contributed by atoms with van der Waals surface area (Å²) in [5, 5.41) is 0. The predicted octanol–water partition coefficient (Wildman–Crippen LogP) is 3.11. The van der Waals surface area contributed by atoms with Crippen molar-refractivity contribution < 1.29 is 4.79 Å². The first-order valence-electron chi connectivity index (χ1n) is 6.55. The van der Waals surface area contributed by atoms with E-state index in [0.717, 1.165) is 12.8 Å². The summed E-state index contributed by atoms with van der Waals surface area (Å²) in [6.45, 7) is 9.53. The molecule has 1 unspecified atom stereocenters. The van der Waals surface area contributed by atoms with Crippen LogP contribution in [0.25, 0.3) is 0 Å². The number of nitrogens with zero attached hydrogens (tertiary/aromatic N) is 1. The Balaban J connectivity index is 2.44. The molecule has 16 heavy (non-hydrogen) atoms. The minimum atomic E-state index is 0.241. The first-order chi connectivity index (χ1) is 7.32. The van der Waals surface area contributed by atoms with Gasteiger partial charge < -0.3 is 0 Å². The standard InChI is InChI=1S/C14H27NO/c1-11(14(2,3)4)15(5)10-13(16)12-8-6-7-9-12/h11-12H,6-10H2,1-5H3. The van der Waals surface area contributed by atoms with Crippen LogP contribution in [0.1, 0.15) is 53.4 Å². The molecule has 1 aliphatic rings. The van der Waals surface area contributed by atoms with Crippen molar-refractivity contribution in [3.63, 3.8) is 0 Å². The van der Waals surface area contributed by atoms with E-state index in [-0.39, 0.29) is 5.41 Å². The van der Waals surface area contributed by atoms with Crippen LogP contribution in [-0.2, 0) is 4.79 Å². The van der Waals surface area contributed by atoms with Gasteiger partial charge in [0.15, 0.2) is 0 Å². The van der Waals surface area contributed by atoms with Crippen LogP contribution in [0.4, 0.5) is 0 Å².